The predicted molar refractivity (Wildman–Crippen MR) is 50.7 cm³/mol. The molecule has 0 radical (unpaired) electrons. The van der Waals surface area contributed by atoms with Gasteiger partial charge in [0.15, 0.2) is 0 Å². The van der Waals surface area contributed by atoms with Crippen molar-refractivity contribution in [2.75, 3.05) is 23.7 Å². The Kier molecular flexibility index (Phi) is 1.88. The molecule has 6 nitrogen and oxygen atoms in total. The number of nitrogen functional groups attached to an aromatic ring is 1. The molecular formula is C8H14N4O2. The van der Waals surface area contributed by atoms with Crippen LogP contribution in [0.1, 0.15) is 13.8 Å². The fourth-order valence-corrected chi connectivity index (χ4v) is 1.62. The van der Waals surface area contributed by atoms with Crippen molar-refractivity contribution in [3.05, 3.63) is 0 Å². The van der Waals surface area contributed by atoms with E-state index in [1.54, 1.807) is 0 Å². The van der Waals surface area contributed by atoms with Crippen molar-refractivity contribution in [3.8, 4) is 0 Å². The lowest BCUT2D eigenvalue weighted by atomic mass is 9.90. The second-order valence-electron chi connectivity index (χ2n) is 4.31. The zero-order valence-corrected chi connectivity index (χ0v) is 8.27. The predicted octanol–water partition coefficient (Wildman–Crippen LogP) is -0.141. The van der Waals surface area contributed by atoms with Gasteiger partial charge in [-0.2, -0.15) is 0 Å². The molecule has 6 heteroatoms. The molecule has 0 spiro atoms. The minimum absolute atomic E-state index is 0.0548. The van der Waals surface area contributed by atoms with Crippen LogP contribution in [0.5, 0.6) is 0 Å². The number of aliphatic hydroxyl groups excluding tert-OH is 1. The molecule has 1 saturated heterocycles. The smallest absolute Gasteiger partial charge is 0.319 e. The second-order valence-corrected chi connectivity index (χ2v) is 4.31. The van der Waals surface area contributed by atoms with E-state index in [4.69, 9.17) is 10.2 Å². The summed E-state index contributed by atoms with van der Waals surface area (Å²) in [7, 11) is 0. The molecule has 0 bridgehead atoms. The van der Waals surface area contributed by atoms with Crippen molar-refractivity contribution in [2.45, 2.75) is 20.0 Å². The number of β-amino-alcohol motifs (C(OH)–C–C–N with tert-alkyl or cyclic N) is 1. The number of hydrogen-bond donors (Lipinski definition) is 2. The summed E-state index contributed by atoms with van der Waals surface area (Å²) in [5.74, 6) is 0. The quantitative estimate of drug-likeness (QED) is 0.653. The Morgan fingerprint density at radius 2 is 2.29 bits per heavy atom. The largest absolute Gasteiger partial charge is 0.391 e. The van der Waals surface area contributed by atoms with Gasteiger partial charge in [-0.3, -0.25) is 0 Å². The van der Waals surface area contributed by atoms with Crippen molar-refractivity contribution in [3.63, 3.8) is 0 Å². The lowest BCUT2D eigenvalue weighted by Crippen LogP contribution is -2.26. The Hall–Kier alpha value is -1.30. The van der Waals surface area contributed by atoms with Crippen molar-refractivity contribution in [2.24, 2.45) is 5.41 Å². The maximum absolute atomic E-state index is 9.73. The maximum Gasteiger partial charge on any atom is 0.319 e. The highest BCUT2D eigenvalue weighted by atomic mass is 16.4. The topological polar surface area (TPSA) is 88.4 Å². The van der Waals surface area contributed by atoms with E-state index < -0.39 is 0 Å². The number of anilines is 2. The average molecular weight is 198 g/mol. The summed E-state index contributed by atoms with van der Waals surface area (Å²) >= 11 is 0. The van der Waals surface area contributed by atoms with Crippen LogP contribution in [-0.4, -0.2) is 34.5 Å². The number of aromatic nitrogens is 2. The molecule has 0 aromatic carbocycles. The summed E-state index contributed by atoms with van der Waals surface area (Å²) in [5, 5.41) is 17.1. The fourth-order valence-electron chi connectivity index (χ4n) is 1.62. The molecule has 1 aliphatic heterocycles. The van der Waals surface area contributed by atoms with Crippen LogP contribution in [0, 0.1) is 5.41 Å². The van der Waals surface area contributed by atoms with Crippen LogP contribution in [0.15, 0.2) is 4.42 Å². The zero-order valence-electron chi connectivity index (χ0n) is 8.27. The Balaban J connectivity index is 2.16. The van der Waals surface area contributed by atoms with Crippen LogP contribution >= 0.6 is 0 Å². The highest BCUT2D eigenvalue weighted by Gasteiger charge is 2.39. The molecule has 2 rings (SSSR count). The average Bonchev–Trinajstić information content (AvgIpc) is 2.58. The van der Waals surface area contributed by atoms with Gasteiger partial charge in [-0.15, -0.1) is 0 Å². The molecule has 0 saturated carbocycles. The third-order valence-corrected chi connectivity index (χ3v) is 2.59. The molecule has 78 valence electrons. The summed E-state index contributed by atoms with van der Waals surface area (Å²) in [6, 6.07) is 0.436. The summed E-state index contributed by atoms with van der Waals surface area (Å²) < 4.78 is 5.08. The minimum atomic E-state index is -0.379. The minimum Gasteiger partial charge on any atom is -0.391 e. The molecule has 1 atom stereocenters. The van der Waals surface area contributed by atoms with Gasteiger partial charge < -0.3 is 20.2 Å². The molecular weight excluding hydrogens is 184 g/mol. The molecule has 2 heterocycles. The van der Waals surface area contributed by atoms with Crippen molar-refractivity contribution in [1.29, 1.82) is 0 Å². The van der Waals surface area contributed by atoms with Crippen molar-refractivity contribution in [1.82, 2.24) is 10.2 Å². The van der Waals surface area contributed by atoms with E-state index in [9.17, 15) is 5.11 Å². The van der Waals surface area contributed by atoms with Gasteiger partial charge in [-0.25, -0.2) is 0 Å². The first-order chi connectivity index (χ1) is 6.49. The van der Waals surface area contributed by atoms with E-state index >= 15 is 0 Å². The number of aliphatic hydroxyl groups is 1. The van der Waals surface area contributed by atoms with Crippen LogP contribution < -0.4 is 10.6 Å². The third-order valence-electron chi connectivity index (χ3n) is 2.59. The normalized spacial score (nSPS) is 25.6. The Labute approximate surface area is 81.7 Å². The summed E-state index contributed by atoms with van der Waals surface area (Å²) in [6.07, 6.45) is -0.379. The van der Waals surface area contributed by atoms with Gasteiger partial charge in [0.2, 0.25) is 0 Å². The van der Waals surface area contributed by atoms with Crippen LogP contribution in [0.25, 0.3) is 0 Å². The Bertz CT molecular complexity index is 336. The molecule has 1 aromatic rings. The van der Waals surface area contributed by atoms with Gasteiger partial charge in [0.05, 0.1) is 6.10 Å². The molecule has 3 N–H and O–H groups in total. The molecule has 1 aliphatic rings. The van der Waals surface area contributed by atoms with Crippen molar-refractivity contribution < 1.29 is 9.52 Å². The van der Waals surface area contributed by atoms with Gasteiger partial charge in [0, 0.05) is 18.5 Å². The fraction of sp³-hybridized carbons (Fsp3) is 0.750. The van der Waals surface area contributed by atoms with Crippen LogP contribution in [0.3, 0.4) is 0 Å². The van der Waals surface area contributed by atoms with Crippen LogP contribution in [0.4, 0.5) is 12.0 Å². The highest BCUT2D eigenvalue weighted by Crippen LogP contribution is 2.32. The van der Waals surface area contributed by atoms with Crippen molar-refractivity contribution >= 4 is 12.0 Å². The monoisotopic (exact) mass is 198 g/mol. The third kappa shape index (κ3) is 1.41. The van der Waals surface area contributed by atoms with E-state index in [1.807, 2.05) is 18.7 Å². The number of nitrogens with two attached hydrogens (primary N) is 1. The highest BCUT2D eigenvalue weighted by molar-refractivity contribution is 5.31. The molecule has 1 unspecified atom stereocenters. The van der Waals surface area contributed by atoms with Gasteiger partial charge >= 0.3 is 12.0 Å². The lowest BCUT2D eigenvalue weighted by Gasteiger charge is -2.20. The van der Waals surface area contributed by atoms with E-state index in [-0.39, 0.29) is 17.5 Å². The van der Waals surface area contributed by atoms with Crippen LogP contribution in [-0.2, 0) is 0 Å². The number of rotatable bonds is 1. The van der Waals surface area contributed by atoms with Crippen LogP contribution in [0.2, 0.25) is 0 Å². The first kappa shape index (κ1) is 9.26. The second kappa shape index (κ2) is 2.84. The molecule has 1 aromatic heterocycles. The molecule has 0 aliphatic carbocycles. The maximum atomic E-state index is 9.73. The van der Waals surface area contributed by atoms with Gasteiger partial charge in [-0.05, 0) is 0 Å². The summed E-state index contributed by atoms with van der Waals surface area (Å²) in [6.45, 7) is 5.19. The van der Waals surface area contributed by atoms with E-state index in [0.717, 1.165) is 0 Å². The van der Waals surface area contributed by atoms with E-state index in [2.05, 4.69) is 10.2 Å². The number of nitrogens with zero attached hydrogens (tertiary/aromatic N) is 3. The number of hydrogen-bond acceptors (Lipinski definition) is 6. The summed E-state index contributed by atoms with van der Waals surface area (Å²) in [5.41, 5.74) is 5.17. The zero-order chi connectivity index (χ0) is 10.3. The van der Waals surface area contributed by atoms with Gasteiger partial charge in [0.1, 0.15) is 0 Å². The molecule has 0 amide bonds. The first-order valence-corrected chi connectivity index (χ1v) is 4.51. The SMILES string of the molecule is CC1(C)CN(c2nnc(N)o2)CC1O. The first-order valence-electron chi connectivity index (χ1n) is 4.51. The van der Waals surface area contributed by atoms with E-state index in [1.165, 1.54) is 0 Å². The molecule has 1 fully saturated rings. The van der Waals surface area contributed by atoms with Gasteiger partial charge in [-0.1, -0.05) is 24.0 Å². The summed E-state index contributed by atoms with van der Waals surface area (Å²) in [4.78, 5) is 1.84. The Morgan fingerprint density at radius 3 is 2.71 bits per heavy atom. The Morgan fingerprint density at radius 1 is 1.57 bits per heavy atom. The van der Waals surface area contributed by atoms with Gasteiger partial charge in [0.25, 0.3) is 0 Å². The van der Waals surface area contributed by atoms with E-state index in [0.29, 0.717) is 19.1 Å². The lowest BCUT2D eigenvalue weighted by molar-refractivity contribution is 0.0963. The standard InChI is InChI=1S/C8H14N4O2/c1-8(2)4-12(3-5(8)13)7-11-10-6(9)14-7/h5,13H,3-4H2,1-2H3,(H2,9,10). The molecule has 14 heavy (non-hydrogen) atoms.